The maximum atomic E-state index is 12.9. The van der Waals surface area contributed by atoms with Crippen LogP contribution in [0.1, 0.15) is 54.4 Å². The molecule has 1 heterocycles. The van der Waals surface area contributed by atoms with Gasteiger partial charge in [-0.25, -0.2) is 0 Å². The molecule has 142 valence electrons. The van der Waals surface area contributed by atoms with Crippen LogP contribution in [-0.4, -0.2) is 53.4 Å². The molecule has 0 atom stereocenters. The third-order valence-corrected chi connectivity index (χ3v) is 5.85. The second-order valence-corrected chi connectivity index (χ2v) is 7.66. The largest absolute Gasteiger partial charge is 0.337 e. The number of benzene rings is 1. The van der Waals surface area contributed by atoms with E-state index in [2.05, 4.69) is 4.90 Å². The molecule has 0 radical (unpaired) electrons. The summed E-state index contributed by atoms with van der Waals surface area (Å²) in [4.78, 5) is 28.0. The number of rotatable bonds is 4. The van der Waals surface area contributed by atoms with Crippen molar-refractivity contribution in [2.75, 3.05) is 32.7 Å². The van der Waals surface area contributed by atoms with Gasteiger partial charge in [0.15, 0.2) is 0 Å². The van der Waals surface area contributed by atoms with Gasteiger partial charge in [-0.2, -0.15) is 0 Å². The molecule has 3 rings (SSSR count). The average Bonchev–Trinajstić information content (AvgIpc) is 2.87. The van der Waals surface area contributed by atoms with Crippen molar-refractivity contribution in [3.8, 4) is 0 Å². The van der Waals surface area contributed by atoms with E-state index < -0.39 is 4.92 Å². The van der Waals surface area contributed by atoms with E-state index in [4.69, 9.17) is 0 Å². The van der Waals surface area contributed by atoms with Crippen LogP contribution in [0.15, 0.2) is 18.2 Å². The SMILES string of the molecule is Cc1c(C(=O)N2CCCN(CC3CCCCC3)CC2)cccc1[N+](=O)[O-]. The zero-order valence-electron chi connectivity index (χ0n) is 15.7. The van der Waals surface area contributed by atoms with Gasteiger partial charge < -0.3 is 9.80 Å². The molecule has 6 heteroatoms. The standard InChI is InChI=1S/C20H29N3O3/c1-16-18(9-5-10-19(16)23(25)26)20(24)22-12-6-11-21(13-14-22)15-17-7-3-2-4-8-17/h5,9-10,17H,2-4,6-8,11-15H2,1H3. The van der Waals surface area contributed by atoms with Gasteiger partial charge in [0.2, 0.25) is 0 Å². The van der Waals surface area contributed by atoms with Crippen LogP contribution >= 0.6 is 0 Å². The van der Waals surface area contributed by atoms with Crippen molar-refractivity contribution in [1.82, 2.24) is 9.80 Å². The van der Waals surface area contributed by atoms with E-state index in [0.29, 0.717) is 17.7 Å². The Bertz CT molecular complexity index is 656. The van der Waals surface area contributed by atoms with Crippen molar-refractivity contribution in [2.24, 2.45) is 5.92 Å². The first-order valence-electron chi connectivity index (χ1n) is 9.82. The van der Waals surface area contributed by atoms with Gasteiger partial charge in [0.25, 0.3) is 11.6 Å². The van der Waals surface area contributed by atoms with Crippen LogP contribution in [0.25, 0.3) is 0 Å². The van der Waals surface area contributed by atoms with Crippen molar-refractivity contribution in [3.63, 3.8) is 0 Å². The summed E-state index contributed by atoms with van der Waals surface area (Å²) >= 11 is 0. The van der Waals surface area contributed by atoms with Crippen molar-refractivity contribution < 1.29 is 9.72 Å². The highest BCUT2D eigenvalue weighted by Crippen LogP contribution is 2.25. The lowest BCUT2D eigenvalue weighted by molar-refractivity contribution is -0.385. The van der Waals surface area contributed by atoms with Crippen LogP contribution in [0.4, 0.5) is 5.69 Å². The molecule has 1 saturated carbocycles. The molecule has 0 N–H and O–H groups in total. The summed E-state index contributed by atoms with van der Waals surface area (Å²) in [6.07, 6.45) is 7.73. The fourth-order valence-corrected chi connectivity index (χ4v) is 4.31. The van der Waals surface area contributed by atoms with Gasteiger partial charge in [-0.3, -0.25) is 14.9 Å². The fourth-order valence-electron chi connectivity index (χ4n) is 4.31. The molecule has 0 unspecified atom stereocenters. The Kier molecular flexibility index (Phi) is 6.25. The molecule has 1 saturated heterocycles. The lowest BCUT2D eigenvalue weighted by atomic mass is 9.89. The summed E-state index contributed by atoms with van der Waals surface area (Å²) in [6, 6.07) is 4.77. The van der Waals surface area contributed by atoms with Gasteiger partial charge in [-0.1, -0.05) is 25.3 Å². The van der Waals surface area contributed by atoms with Crippen molar-refractivity contribution in [3.05, 3.63) is 39.4 Å². The van der Waals surface area contributed by atoms with Crippen molar-refractivity contribution >= 4 is 11.6 Å². The molecule has 1 amide bonds. The molecule has 1 aromatic rings. The third-order valence-electron chi connectivity index (χ3n) is 5.85. The minimum Gasteiger partial charge on any atom is -0.337 e. The quantitative estimate of drug-likeness (QED) is 0.608. The van der Waals surface area contributed by atoms with Gasteiger partial charge in [0.05, 0.1) is 4.92 Å². The maximum absolute atomic E-state index is 12.9. The van der Waals surface area contributed by atoms with Crippen molar-refractivity contribution in [1.29, 1.82) is 0 Å². The first-order chi connectivity index (χ1) is 12.6. The van der Waals surface area contributed by atoms with Crippen LogP contribution in [0.3, 0.4) is 0 Å². The Morgan fingerprint density at radius 3 is 2.62 bits per heavy atom. The summed E-state index contributed by atoms with van der Waals surface area (Å²) in [5.74, 6) is 0.732. The second-order valence-electron chi connectivity index (χ2n) is 7.66. The maximum Gasteiger partial charge on any atom is 0.273 e. The number of nitro groups is 1. The summed E-state index contributed by atoms with van der Waals surface area (Å²) in [5.41, 5.74) is 0.940. The molecule has 2 aliphatic rings. The molecule has 6 nitrogen and oxygen atoms in total. The van der Waals surface area contributed by atoms with E-state index in [9.17, 15) is 14.9 Å². The summed E-state index contributed by atoms with van der Waals surface area (Å²) in [7, 11) is 0. The highest BCUT2D eigenvalue weighted by Gasteiger charge is 2.25. The monoisotopic (exact) mass is 359 g/mol. The van der Waals surface area contributed by atoms with Gasteiger partial charge >= 0.3 is 0 Å². The third kappa shape index (κ3) is 4.41. The lowest BCUT2D eigenvalue weighted by Crippen LogP contribution is -2.37. The molecular formula is C20H29N3O3. The molecule has 0 bridgehead atoms. The van der Waals surface area contributed by atoms with E-state index in [-0.39, 0.29) is 11.6 Å². The first kappa shape index (κ1) is 18.8. The summed E-state index contributed by atoms with van der Waals surface area (Å²) < 4.78 is 0. The average molecular weight is 359 g/mol. The summed E-state index contributed by atoms with van der Waals surface area (Å²) in [5, 5.41) is 11.1. The molecular weight excluding hydrogens is 330 g/mol. The predicted octanol–water partition coefficient (Wildman–Crippen LogP) is 3.63. The van der Waals surface area contributed by atoms with E-state index in [1.54, 1.807) is 19.1 Å². The number of carbonyl (C=O) groups is 1. The minimum atomic E-state index is -0.416. The molecule has 26 heavy (non-hydrogen) atoms. The molecule has 1 aliphatic heterocycles. The Morgan fingerprint density at radius 2 is 1.88 bits per heavy atom. The van der Waals surface area contributed by atoms with E-state index in [1.165, 1.54) is 38.2 Å². The van der Waals surface area contributed by atoms with Crippen LogP contribution in [0.5, 0.6) is 0 Å². The van der Waals surface area contributed by atoms with Gasteiger partial charge in [0.1, 0.15) is 0 Å². The van der Waals surface area contributed by atoms with E-state index in [1.807, 2.05) is 4.90 Å². The Labute approximate surface area is 155 Å². The zero-order valence-corrected chi connectivity index (χ0v) is 15.7. The van der Waals surface area contributed by atoms with Gasteiger partial charge in [0, 0.05) is 43.4 Å². The minimum absolute atomic E-state index is 0.0181. The fraction of sp³-hybridized carbons (Fsp3) is 0.650. The number of nitro benzene ring substituents is 1. The molecule has 0 spiro atoms. The smallest absolute Gasteiger partial charge is 0.273 e. The highest BCUT2D eigenvalue weighted by molar-refractivity contribution is 5.96. The molecule has 0 aromatic heterocycles. The van der Waals surface area contributed by atoms with Crippen LogP contribution < -0.4 is 0 Å². The number of hydrogen-bond donors (Lipinski definition) is 0. The highest BCUT2D eigenvalue weighted by atomic mass is 16.6. The van der Waals surface area contributed by atoms with Crippen LogP contribution in [-0.2, 0) is 0 Å². The molecule has 1 aliphatic carbocycles. The van der Waals surface area contributed by atoms with Gasteiger partial charge in [-0.05, 0) is 44.7 Å². The lowest BCUT2D eigenvalue weighted by Gasteiger charge is -2.28. The van der Waals surface area contributed by atoms with Crippen LogP contribution in [0, 0.1) is 23.0 Å². The topological polar surface area (TPSA) is 66.7 Å². The Balaban J connectivity index is 1.62. The van der Waals surface area contributed by atoms with Crippen molar-refractivity contribution in [2.45, 2.75) is 45.4 Å². The van der Waals surface area contributed by atoms with Crippen LogP contribution in [0.2, 0.25) is 0 Å². The number of amides is 1. The van der Waals surface area contributed by atoms with Gasteiger partial charge in [-0.15, -0.1) is 0 Å². The first-order valence-corrected chi connectivity index (χ1v) is 9.82. The normalized spacial score (nSPS) is 20.0. The zero-order chi connectivity index (χ0) is 18.5. The summed E-state index contributed by atoms with van der Waals surface area (Å²) in [6.45, 7) is 6.18. The molecule has 1 aromatic carbocycles. The Morgan fingerprint density at radius 1 is 1.12 bits per heavy atom. The predicted molar refractivity (Wildman–Crippen MR) is 101 cm³/mol. The van der Waals surface area contributed by atoms with E-state index in [0.717, 1.165) is 38.5 Å². The van der Waals surface area contributed by atoms with E-state index >= 15 is 0 Å². The number of nitrogens with zero attached hydrogens (tertiary/aromatic N) is 3. The Hall–Kier alpha value is -1.95. The number of carbonyl (C=O) groups excluding carboxylic acids is 1. The number of hydrogen-bond acceptors (Lipinski definition) is 4. The molecule has 2 fully saturated rings. The second kappa shape index (κ2) is 8.62.